The van der Waals surface area contributed by atoms with Crippen molar-refractivity contribution in [1.82, 2.24) is 13.7 Å². The topological polar surface area (TPSA) is 256 Å². The minimum atomic E-state index is -0.748. The lowest BCUT2D eigenvalue weighted by molar-refractivity contribution is -0.104. The highest BCUT2D eigenvalue weighted by molar-refractivity contribution is 6.13. The molecule has 6 aromatic carbocycles. The van der Waals surface area contributed by atoms with Crippen LogP contribution in [0.15, 0.2) is 120 Å². The van der Waals surface area contributed by atoms with Crippen molar-refractivity contribution >= 4 is 64.6 Å². The summed E-state index contributed by atoms with van der Waals surface area (Å²) in [4.78, 5) is 58.9. The van der Waals surface area contributed by atoms with E-state index in [2.05, 4.69) is 6.92 Å². The Hall–Kier alpha value is -7.48. The summed E-state index contributed by atoms with van der Waals surface area (Å²) in [5.41, 5.74) is -2.46. The Morgan fingerprint density at radius 2 is 0.600 bits per heavy atom. The van der Waals surface area contributed by atoms with Gasteiger partial charge in [-0.3, -0.25) is 43.1 Å². The second-order valence-electron chi connectivity index (χ2n) is 28.4. The van der Waals surface area contributed by atoms with Crippen molar-refractivity contribution in [3.05, 3.63) is 138 Å². The van der Waals surface area contributed by atoms with Crippen molar-refractivity contribution in [2.75, 3.05) is 106 Å². The summed E-state index contributed by atoms with van der Waals surface area (Å²) in [7, 11) is 0. The first-order valence-corrected chi connectivity index (χ1v) is 35.5. The van der Waals surface area contributed by atoms with Gasteiger partial charge in [0.2, 0.25) is 17.6 Å². The van der Waals surface area contributed by atoms with E-state index < -0.39 is 41.2 Å². The minimum absolute atomic E-state index is 0.0444. The van der Waals surface area contributed by atoms with E-state index in [1.54, 1.807) is 36.4 Å². The highest BCUT2D eigenvalue weighted by Crippen LogP contribution is 2.36. The van der Waals surface area contributed by atoms with Crippen molar-refractivity contribution in [3.8, 4) is 17.6 Å². The molecule has 0 spiro atoms. The molecule has 0 aliphatic carbocycles. The Labute approximate surface area is 582 Å². The van der Waals surface area contributed by atoms with Gasteiger partial charge in [-0.25, -0.2) is 0 Å². The second-order valence-corrected chi connectivity index (χ2v) is 28.4. The lowest BCUT2D eigenvalue weighted by Crippen LogP contribution is -2.39. The van der Waals surface area contributed by atoms with E-state index in [-0.39, 0.29) is 170 Å². The van der Waals surface area contributed by atoms with E-state index in [0.717, 1.165) is 16.2 Å². The van der Waals surface area contributed by atoms with Crippen LogP contribution in [-0.4, -0.2) is 177 Å². The molecule has 10 atom stereocenters. The second kappa shape index (κ2) is 32.2. The molecule has 0 radical (unpaired) electrons. The zero-order valence-corrected chi connectivity index (χ0v) is 60.0. The number of hydrogen-bond donors (Lipinski definition) is 3. The van der Waals surface area contributed by atoms with Gasteiger partial charge in [0.05, 0.1) is 182 Å². The summed E-state index contributed by atoms with van der Waals surface area (Å²) >= 11 is 0. The van der Waals surface area contributed by atoms with E-state index in [9.17, 15) is 29.7 Å². The van der Waals surface area contributed by atoms with Gasteiger partial charge in [0.1, 0.15) is 0 Å². The first-order chi connectivity index (χ1) is 48.0. The van der Waals surface area contributed by atoms with Crippen molar-refractivity contribution in [1.29, 1.82) is 0 Å². The van der Waals surface area contributed by atoms with E-state index in [4.69, 9.17) is 62.3 Å². The molecule has 22 nitrogen and oxygen atoms in total. The van der Waals surface area contributed by atoms with Crippen LogP contribution < -0.4 is 32.7 Å². The molecule has 12 aliphatic heterocycles. The molecule has 10 unspecified atom stereocenters. The molecule has 20 bridgehead atoms. The Balaban J connectivity index is 0.941. The maximum Gasteiger partial charge on any atom is 0.261 e. The number of nitrogens with zero attached hydrogens (tertiary/aromatic N) is 6. The number of pyridine rings is 3. The predicted octanol–water partition coefficient (Wildman–Crippen LogP) is 10.0. The summed E-state index contributed by atoms with van der Waals surface area (Å²) < 4.78 is 69.0. The van der Waals surface area contributed by atoms with Crippen LogP contribution in [0.25, 0.3) is 64.6 Å². The molecule has 0 amide bonds. The smallest absolute Gasteiger partial charge is 0.261 e. The van der Waals surface area contributed by atoms with Crippen LogP contribution in [0.4, 0.5) is 0 Å². The molecule has 3 N–H and O–H groups in total. The zero-order chi connectivity index (χ0) is 71.2. The van der Waals surface area contributed by atoms with E-state index in [1.165, 1.54) is 13.7 Å². The fraction of sp³-hybridized carbons (Fsp3) is 0.538. The van der Waals surface area contributed by atoms with Gasteiger partial charge in [-0.2, -0.15) is 0 Å². The van der Waals surface area contributed by atoms with Gasteiger partial charge in [0.25, 0.3) is 16.7 Å². The minimum Gasteiger partial charge on any atom is -0.494 e. The molecule has 21 rings (SSSR count). The molecule has 9 aromatic rings. The number of ether oxygens (including phenoxy) is 10. The lowest BCUT2D eigenvalue weighted by atomic mass is 9.88. The Kier molecular flexibility index (Phi) is 23.8. The highest BCUT2D eigenvalue weighted by Gasteiger charge is 2.34. The molecule has 12 aliphatic rings. The first-order valence-electron chi connectivity index (χ1n) is 35.5. The number of hydrogen-bond acceptors (Lipinski definition) is 19. The molecule has 3 aromatic heterocycles. The summed E-state index contributed by atoms with van der Waals surface area (Å²) in [6.45, 7) is 26.4. The summed E-state index contributed by atoms with van der Waals surface area (Å²) in [5.74, 6) is -0.537. The molecule has 100 heavy (non-hydrogen) atoms. The van der Waals surface area contributed by atoms with Crippen LogP contribution in [-0.2, 0) is 47.4 Å². The normalized spacial score (nSPS) is 27.6. The molecular weight excluding hydrogens is 1280 g/mol. The molecule has 538 valence electrons. The third-order valence-corrected chi connectivity index (χ3v) is 19.8. The monoisotopic (exact) mass is 1380 g/mol. The predicted molar refractivity (Wildman–Crippen MR) is 387 cm³/mol. The Bertz CT molecular complexity index is 4510. The van der Waals surface area contributed by atoms with Crippen LogP contribution in [0.2, 0.25) is 0 Å². The zero-order valence-electron chi connectivity index (χ0n) is 60.0. The average molecular weight is 1380 g/mol. The van der Waals surface area contributed by atoms with Crippen LogP contribution in [0.1, 0.15) is 114 Å². The van der Waals surface area contributed by atoms with E-state index in [0.29, 0.717) is 77.4 Å². The Morgan fingerprint density at radius 3 is 0.910 bits per heavy atom. The van der Waals surface area contributed by atoms with Crippen LogP contribution in [0.5, 0.6) is 17.6 Å². The molecule has 15 heterocycles. The van der Waals surface area contributed by atoms with Crippen molar-refractivity contribution < 1.29 is 62.7 Å². The molecule has 0 fully saturated rings. The SMILES string of the molecule is CCC12COCC(C)N=c3ccc4c(=O)n(c(O)c5cccc3c54)C(C)COCC(CC)(COCC(C)OCC(C)n3c(O)c4cccc5c(ccc(c3=O)c45)=NC(C)COC(C)COC1)COCC(C)OCC(C)n1c(O)c3cccc4c(ccc(c1=O)c34)=NC(C)COC(C)COC2. The van der Waals surface area contributed by atoms with Crippen molar-refractivity contribution in [2.24, 2.45) is 25.8 Å². The summed E-state index contributed by atoms with van der Waals surface area (Å²) in [6.07, 6.45) is -0.364. The fourth-order valence-corrected chi connectivity index (χ4v) is 13.9. The van der Waals surface area contributed by atoms with Gasteiger partial charge < -0.3 is 62.7 Å². The largest absolute Gasteiger partial charge is 0.494 e. The van der Waals surface area contributed by atoms with Gasteiger partial charge in [-0.1, -0.05) is 50.2 Å². The highest BCUT2D eigenvalue weighted by atomic mass is 16.6. The van der Waals surface area contributed by atoms with Crippen molar-refractivity contribution in [2.45, 2.75) is 157 Å². The first kappa shape index (κ1) is 73.7. The van der Waals surface area contributed by atoms with Gasteiger partial charge in [0, 0.05) is 75.5 Å². The van der Waals surface area contributed by atoms with Crippen LogP contribution >= 0.6 is 0 Å². The number of benzene rings is 6. The number of aromatic nitrogens is 3. The van der Waals surface area contributed by atoms with E-state index in [1.807, 2.05) is 131 Å². The quantitative estimate of drug-likeness (QED) is 0.145. The van der Waals surface area contributed by atoms with Gasteiger partial charge in [-0.15, -0.1) is 0 Å². The van der Waals surface area contributed by atoms with Gasteiger partial charge in [-0.05, 0) is 137 Å². The maximum atomic E-state index is 14.7. The average Bonchev–Trinajstić information content (AvgIpc) is 0.751. The number of rotatable bonds is 2. The maximum absolute atomic E-state index is 14.7. The van der Waals surface area contributed by atoms with E-state index >= 15 is 0 Å². The van der Waals surface area contributed by atoms with Gasteiger partial charge in [0.15, 0.2) is 0 Å². The third-order valence-electron chi connectivity index (χ3n) is 19.8. The fourth-order valence-electron chi connectivity index (χ4n) is 13.9. The Morgan fingerprint density at radius 1 is 0.340 bits per heavy atom. The summed E-state index contributed by atoms with van der Waals surface area (Å²) in [6, 6.07) is 24.9. The van der Waals surface area contributed by atoms with Gasteiger partial charge >= 0.3 is 0 Å². The van der Waals surface area contributed by atoms with Crippen LogP contribution in [0.3, 0.4) is 0 Å². The standard InChI is InChI=1S/C78H100N6O16/c1-13-77-40-91-30-46(3)79-65-27-24-62-68-56(65)18-15-21-59(68)71(85)82(74(62)88)49(6)33-92-41-78(14-2,44-95-38-54(11)99-34-50(7)83-72(86)60-22-16-19-57-66(28-25-63(69(57)60)75(83)89)80-47(4)31-97-52(9)36-93-42-77)45-96-39-55(12)100-35-51(8)84-73(87)61-23-17-20-58-67(29-26-64(70(58)61)76(84)90)81-48(5)32-98-53(10)37-94-43-77/h15-29,46-55,85-87H,13-14,30-45H2,1-12H3. The molecule has 0 saturated heterocycles. The molecular formula is C78H100N6O16. The molecule has 22 heteroatoms. The third kappa shape index (κ3) is 15.9. The number of aromatic hydroxyl groups is 3. The van der Waals surface area contributed by atoms with Crippen molar-refractivity contribution in [3.63, 3.8) is 0 Å². The molecule has 0 saturated carbocycles. The van der Waals surface area contributed by atoms with Crippen LogP contribution in [0, 0.1) is 10.8 Å². The summed E-state index contributed by atoms with van der Waals surface area (Å²) in [5, 5.41) is 44.9. The lowest BCUT2D eigenvalue weighted by Gasteiger charge is -2.33.